The second kappa shape index (κ2) is 9.54. The lowest BCUT2D eigenvalue weighted by atomic mass is 9.89. The van der Waals surface area contributed by atoms with Gasteiger partial charge in [0.1, 0.15) is 12.3 Å². The lowest BCUT2D eigenvalue weighted by Gasteiger charge is -2.30. The molecule has 2 aromatic rings. The van der Waals surface area contributed by atoms with Gasteiger partial charge in [0.2, 0.25) is 5.91 Å². The van der Waals surface area contributed by atoms with Gasteiger partial charge in [-0.1, -0.05) is 19.3 Å². The molecule has 0 radical (unpaired) electrons. The number of fused-ring (bicyclic) bond motifs is 1. The molecule has 0 atom stereocenters. The molecule has 4 rings (SSSR count). The number of H-pyrrole nitrogens is 1. The monoisotopic (exact) mass is 427 g/mol. The van der Waals surface area contributed by atoms with Crippen molar-refractivity contribution < 1.29 is 20.5 Å². The summed E-state index contributed by atoms with van der Waals surface area (Å²) >= 11 is 0. The van der Waals surface area contributed by atoms with Gasteiger partial charge in [0.25, 0.3) is 11.7 Å². The van der Waals surface area contributed by atoms with Crippen LogP contribution in [-0.4, -0.2) is 65.7 Å². The smallest absolute Gasteiger partial charge is 0.295 e. The summed E-state index contributed by atoms with van der Waals surface area (Å²) in [6, 6.07) is 5.35. The summed E-state index contributed by atoms with van der Waals surface area (Å²) in [5.41, 5.74) is 1.08. The minimum Gasteiger partial charge on any atom is -0.497 e. The average Bonchev–Trinajstić information content (AvgIpc) is 3.48. The molecule has 7 heteroatoms. The van der Waals surface area contributed by atoms with Crippen molar-refractivity contribution in [2.45, 2.75) is 44.9 Å². The number of carbonyl (C=O) groups excluding carboxylic acids is 3. The summed E-state index contributed by atoms with van der Waals surface area (Å²) in [6.07, 6.45) is 9.17. The fourth-order valence-corrected chi connectivity index (χ4v) is 4.81. The Bertz CT molecular complexity index is 961. The molecule has 1 aliphatic carbocycles. The molecule has 1 aliphatic heterocycles. The molecule has 2 amide bonds. The maximum absolute atomic E-state index is 13.3. The first-order valence-corrected chi connectivity index (χ1v) is 11.3. The van der Waals surface area contributed by atoms with Crippen LogP contribution in [0.1, 0.15) is 56.7 Å². The molecular weight excluding hydrogens is 394 g/mol. The van der Waals surface area contributed by atoms with E-state index in [2.05, 4.69) is 4.98 Å². The van der Waals surface area contributed by atoms with E-state index in [0.717, 1.165) is 57.1 Å². The van der Waals surface area contributed by atoms with Crippen molar-refractivity contribution in [3.63, 3.8) is 0 Å². The Balaban J connectivity index is 0.00000289. The Hall–Kier alpha value is -2.83. The van der Waals surface area contributed by atoms with Gasteiger partial charge in [-0.2, -0.15) is 0 Å². The van der Waals surface area contributed by atoms with Crippen molar-refractivity contribution in [1.29, 1.82) is 0 Å². The number of hydrogen-bond donors (Lipinski definition) is 1. The number of aromatic nitrogens is 1. The summed E-state index contributed by atoms with van der Waals surface area (Å²) in [7, 11) is 1.58. The first-order valence-electron chi connectivity index (χ1n) is 11.3. The van der Waals surface area contributed by atoms with Gasteiger partial charge in [0, 0.05) is 44.2 Å². The molecule has 168 valence electrons. The zero-order valence-electron chi connectivity index (χ0n) is 18.2. The number of hydrogen-bond acceptors (Lipinski definition) is 4. The third-order valence-electron chi connectivity index (χ3n) is 6.60. The number of nitrogens with one attached hydrogen (secondary N) is 1. The molecule has 2 fully saturated rings. The molecule has 0 spiro atoms. The van der Waals surface area contributed by atoms with E-state index in [4.69, 9.17) is 4.74 Å². The number of likely N-dealkylation sites (tertiary alicyclic amines) is 1. The Morgan fingerprint density at radius 1 is 1.13 bits per heavy atom. The molecule has 0 unspecified atom stereocenters. The minimum atomic E-state index is -0.588. The van der Waals surface area contributed by atoms with Gasteiger partial charge in [-0.05, 0) is 43.7 Å². The second-order valence-corrected chi connectivity index (χ2v) is 8.72. The Morgan fingerprint density at radius 2 is 1.87 bits per heavy atom. The summed E-state index contributed by atoms with van der Waals surface area (Å²) in [6.45, 7) is 1.93. The molecule has 2 aliphatic rings. The maximum Gasteiger partial charge on any atom is 0.295 e. The number of amides is 2. The number of benzene rings is 1. The predicted molar refractivity (Wildman–Crippen MR) is 120 cm³/mol. The molecule has 1 saturated heterocycles. The highest BCUT2D eigenvalue weighted by Gasteiger charge is 2.31. The predicted octanol–water partition coefficient (Wildman–Crippen LogP) is 3.64. The molecule has 2 heterocycles. The summed E-state index contributed by atoms with van der Waals surface area (Å²) in [4.78, 5) is 45.7. The third-order valence-corrected chi connectivity index (χ3v) is 6.60. The van der Waals surface area contributed by atoms with Crippen LogP contribution < -0.4 is 4.74 Å². The average molecular weight is 428 g/mol. The summed E-state index contributed by atoms with van der Waals surface area (Å²) in [5.74, 6) is -0.187. The standard InChI is InChI=1S/C24H31N3O4.H2/c1-31-18-9-10-19-20(14-25-21(19)13-18)23(29)24(30)27(15-17-7-3-2-4-8-17)16-22(28)26-11-5-6-12-26;/h9-10,13-14,17,25H,2-8,11-12,15-16H2,1H3;1H. The molecule has 1 aromatic carbocycles. The van der Waals surface area contributed by atoms with Crippen LogP contribution in [0.4, 0.5) is 0 Å². The topological polar surface area (TPSA) is 82.7 Å². The Morgan fingerprint density at radius 3 is 2.58 bits per heavy atom. The highest BCUT2D eigenvalue weighted by Crippen LogP contribution is 2.26. The SMILES string of the molecule is COc1ccc2c(C(=O)C(=O)N(CC(=O)N3CCCC3)CC3CCCCC3)c[nH]c2c1.[HH]. The zero-order valence-corrected chi connectivity index (χ0v) is 18.2. The van der Waals surface area contributed by atoms with Crippen molar-refractivity contribution in [1.82, 2.24) is 14.8 Å². The zero-order chi connectivity index (χ0) is 21.8. The van der Waals surface area contributed by atoms with E-state index >= 15 is 0 Å². The van der Waals surface area contributed by atoms with Crippen LogP contribution in [0.25, 0.3) is 10.9 Å². The number of ketones is 1. The minimum absolute atomic E-state index is 0. The van der Waals surface area contributed by atoms with Crippen LogP contribution in [0.5, 0.6) is 5.75 Å². The van der Waals surface area contributed by atoms with Crippen LogP contribution >= 0.6 is 0 Å². The van der Waals surface area contributed by atoms with Gasteiger partial charge in [0.15, 0.2) is 0 Å². The second-order valence-electron chi connectivity index (χ2n) is 8.72. The van der Waals surface area contributed by atoms with Gasteiger partial charge in [0.05, 0.1) is 12.7 Å². The van der Waals surface area contributed by atoms with Crippen molar-refractivity contribution in [2.24, 2.45) is 5.92 Å². The number of ether oxygens (including phenoxy) is 1. The first-order chi connectivity index (χ1) is 15.1. The normalized spacial score (nSPS) is 17.1. The van der Waals surface area contributed by atoms with Gasteiger partial charge in [-0.15, -0.1) is 0 Å². The largest absolute Gasteiger partial charge is 0.497 e. The highest BCUT2D eigenvalue weighted by atomic mass is 16.5. The number of carbonyl (C=O) groups is 3. The number of methoxy groups -OCH3 is 1. The molecule has 1 saturated carbocycles. The molecule has 1 aromatic heterocycles. The van der Waals surface area contributed by atoms with Crippen molar-refractivity contribution >= 4 is 28.5 Å². The first kappa shape index (κ1) is 21.4. The van der Waals surface area contributed by atoms with E-state index in [1.165, 1.54) is 11.3 Å². The lowest BCUT2D eigenvalue weighted by Crippen LogP contribution is -2.46. The van der Waals surface area contributed by atoms with Gasteiger partial charge >= 0.3 is 0 Å². The number of rotatable bonds is 7. The number of Topliss-reactive ketones (excluding diaryl/α,β-unsaturated/α-hetero) is 1. The molecule has 7 nitrogen and oxygen atoms in total. The highest BCUT2D eigenvalue weighted by molar-refractivity contribution is 6.45. The summed E-state index contributed by atoms with van der Waals surface area (Å²) in [5, 5.41) is 0.683. The van der Waals surface area contributed by atoms with E-state index in [1.807, 2.05) is 4.90 Å². The number of nitrogens with zero attached hydrogens (tertiary/aromatic N) is 2. The fourth-order valence-electron chi connectivity index (χ4n) is 4.81. The van der Waals surface area contributed by atoms with Crippen LogP contribution in [0, 0.1) is 5.92 Å². The lowest BCUT2D eigenvalue weighted by molar-refractivity contribution is -0.138. The molecule has 31 heavy (non-hydrogen) atoms. The van der Waals surface area contributed by atoms with Gasteiger partial charge in [-0.3, -0.25) is 14.4 Å². The Kier molecular flexibility index (Phi) is 6.59. The number of aromatic amines is 1. The maximum atomic E-state index is 13.3. The molecular formula is C24H33N3O4. The quantitative estimate of drug-likeness (QED) is 0.540. The Labute approximate surface area is 184 Å². The van der Waals surface area contributed by atoms with E-state index < -0.39 is 11.7 Å². The van der Waals surface area contributed by atoms with Crippen molar-refractivity contribution in [3.05, 3.63) is 30.0 Å². The third kappa shape index (κ3) is 4.75. The van der Waals surface area contributed by atoms with Crippen LogP contribution in [0.2, 0.25) is 0 Å². The van der Waals surface area contributed by atoms with Crippen molar-refractivity contribution in [3.8, 4) is 5.75 Å². The molecule has 0 bridgehead atoms. The van der Waals surface area contributed by atoms with Gasteiger partial charge in [-0.25, -0.2) is 0 Å². The van der Waals surface area contributed by atoms with Crippen LogP contribution in [0.15, 0.2) is 24.4 Å². The molecule has 1 N–H and O–H groups in total. The van der Waals surface area contributed by atoms with E-state index in [0.29, 0.717) is 29.2 Å². The van der Waals surface area contributed by atoms with Gasteiger partial charge < -0.3 is 19.5 Å². The summed E-state index contributed by atoms with van der Waals surface area (Å²) < 4.78 is 5.23. The van der Waals surface area contributed by atoms with Crippen LogP contribution in [-0.2, 0) is 9.59 Å². The van der Waals surface area contributed by atoms with E-state index in [9.17, 15) is 14.4 Å². The fraction of sp³-hybridized carbons (Fsp3) is 0.542. The van der Waals surface area contributed by atoms with Crippen molar-refractivity contribution in [2.75, 3.05) is 33.3 Å². The van der Waals surface area contributed by atoms with E-state index in [1.54, 1.807) is 31.5 Å². The van der Waals surface area contributed by atoms with E-state index in [-0.39, 0.29) is 13.9 Å². The van der Waals surface area contributed by atoms with Crippen LogP contribution in [0.3, 0.4) is 0 Å².